The molecule has 3 aliphatic carbocycles. The molecule has 4 atom stereocenters. The summed E-state index contributed by atoms with van der Waals surface area (Å²) >= 11 is 0. The molecule has 41 heavy (non-hydrogen) atoms. The third kappa shape index (κ3) is 3.66. The lowest BCUT2D eigenvalue weighted by Crippen LogP contribution is -2.65. The van der Waals surface area contributed by atoms with E-state index in [-0.39, 0.29) is 29.7 Å². The lowest BCUT2D eigenvalue weighted by atomic mass is 9.57. The van der Waals surface area contributed by atoms with Crippen LogP contribution >= 0.6 is 0 Å². The van der Waals surface area contributed by atoms with Gasteiger partial charge in [0.25, 0.3) is 5.91 Å². The van der Waals surface area contributed by atoms with Gasteiger partial charge in [0.05, 0.1) is 11.6 Å². The normalized spacial score (nSPS) is 25.7. The number of likely N-dealkylation sites (N-methyl/N-ethyl adjacent to an activating group) is 1. The van der Waals surface area contributed by atoms with Crippen LogP contribution in [0.5, 0.6) is 5.75 Å². The molecule has 0 saturated heterocycles. The van der Waals surface area contributed by atoms with E-state index < -0.39 is 58.0 Å². The summed E-state index contributed by atoms with van der Waals surface area (Å²) in [6.07, 6.45) is 5.63. The van der Waals surface area contributed by atoms with Crippen molar-refractivity contribution in [3.8, 4) is 22.7 Å². The topological polar surface area (TPSA) is 179 Å². The second-order valence-electron chi connectivity index (χ2n) is 10.9. The minimum absolute atomic E-state index is 0.0195. The largest absolute Gasteiger partial charge is 0.508 e. The van der Waals surface area contributed by atoms with E-state index in [0.717, 1.165) is 5.56 Å². The number of fused-ring (bicyclic) bond motifs is 3. The second-order valence-corrected chi connectivity index (χ2v) is 10.9. The van der Waals surface area contributed by atoms with E-state index in [9.17, 15) is 34.8 Å². The zero-order valence-electron chi connectivity index (χ0n) is 22.3. The van der Waals surface area contributed by atoms with E-state index in [4.69, 9.17) is 5.73 Å². The first-order valence-electron chi connectivity index (χ1n) is 13.1. The molecule has 0 radical (unpaired) electrons. The molecule has 0 aliphatic heterocycles. The van der Waals surface area contributed by atoms with Crippen LogP contribution in [0.3, 0.4) is 0 Å². The number of amides is 1. The monoisotopic (exact) mass is 556 g/mol. The summed E-state index contributed by atoms with van der Waals surface area (Å²) in [4.78, 5) is 45.4. The number of aromatic hydroxyl groups is 1. The lowest BCUT2D eigenvalue weighted by molar-refractivity contribution is -0.153. The highest BCUT2D eigenvalue weighted by Crippen LogP contribution is 2.53. The number of aliphatic hydroxyl groups is 3. The standard InChI is InChI=1S/C30H28N4O7/c1-33(2)24-18-12-15-11-17-16(14-5-8-20(32-13-14)34-9-3-4-10-34)6-7-19(35)22(17)25(36)21(15)27(38)30(18,41)28(39)23(26(24)37)29(31)40/h3-10,13,15,18,24,35-36,39,41H,11-12H2,1-2H3,(H2,31,40)/t15-,18-,24-,30-/m0/s1. The summed E-state index contributed by atoms with van der Waals surface area (Å²) in [6, 6.07) is 9.45. The molecule has 1 fully saturated rings. The van der Waals surface area contributed by atoms with Crippen molar-refractivity contribution in [1.82, 2.24) is 14.5 Å². The summed E-state index contributed by atoms with van der Waals surface area (Å²) in [5.74, 6) is -6.11. The molecule has 6 N–H and O–H groups in total. The second kappa shape index (κ2) is 9.15. The summed E-state index contributed by atoms with van der Waals surface area (Å²) in [5, 5.41) is 44.9. The fraction of sp³-hybridized carbons (Fsp3) is 0.267. The van der Waals surface area contributed by atoms with Gasteiger partial charge in [-0.25, -0.2) is 4.98 Å². The number of hydrogen-bond acceptors (Lipinski definition) is 9. The molecule has 2 heterocycles. The number of phenolic OH excluding ortho intramolecular Hbond substituents is 1. The Kier molecular flexibility index (Phi) is 5.91. The van der Waals surface area contributed by atoms with Crippen molar-refractivity contribution in [2.24, 2.45) is 17.6 Å². The Labute approximate surface area is 234 Å². The van der Waals surface area contributed by atoms with E-state index >= 15 is 0 Å². The Morgan fingerprint density at radius 2 is 1.80 bits per heavy atom. The number of carbonyl (C=O) groups excluding carboxylic acids is 3. The van der Waals surface area contributed by atoms with Gasteiger partial charge < -0.3 is 30.7 Å². The van der Waals surface area contributed by atoms with Gasteiger partial charge in [0.2, 0.25) is 5.78 Å². The van der Waals surface area contributed by atoms with E-state index in [1.165, 1.54) is 11.0 Å². The quantitative estimate of drug-likeness (QED) is 0.300. The maximum absolute atomic E-state index is 14.0. The van der Waals surface area contributed by atoms with Crippen molar-refractivity contribution in [1.29, 1.82) is 0 Å². The van der Waals surface area contributed by atoms with Crippen molar-refractivity contribution in [3.05, 3.63) is 83.0 Å². The number of Topliss-reactive ketones (excluding diaryl/α,β-unsaturated/α-hetero) is 2. The molecular formula is C30H28N4O7. The van der Waals surface area contributed by atoms with Gasteiger partial charge >= 0.3 is 0 Å². The summed E-state index contributed by atoms with van der Waals surface area (Å²) in [5.41, 5.74) is 3.68. The van der Waals surface area contributed by atoms with Gasteiger partial charge in [0.15, 0.2) is 11.4 Å². The van der Waals surface area contributed by atoms with Crippen LogP contribution in [0.2, 0.25) is 0 Å². The van der Waals surface area contributed by atoms with Crippen LogP contribution in [0.25, 0.3) is 22.7 Å². The van der Waals surface area contributed by atoms with Crippen molar-refractivity contribution in [3.63, 3.8) is 0 Å². The van der Waals surface area contributed by atoms with Crippen LogP contribution in [0.1, 0.15) is 17.5 Å². The fourth-order valence-corrected chi connectivity index (χ4v) is 6.70. The number of rotatable bonds is 4. The Hall–Kier alpha value is -4.74. The van der Waals surface area contributed by atoms with Gasteiger partial charge in [-0.2, -0.15) is 0 Å². The van der Waals surface area contributed by atoms with Crippen LogP contribution in [0, 0.1) is 11.8 Å². The molecule has 2 aromatic heterocycles. The first-order chi connectivity index (χ1) is 19.5. The van der Waals surface area contributed by atoms with Gasteiger partial charge in [0, 0.05) is 35.6 Å². The number of hydrogen-bond donors (Lipinski definition) is 5. The molecule has 0 bridgehead atoms. The van der Waals surface area contributed by atoms with Crippen LogP contribution < -0.4 is 5.73 Å². The Balaban J connectivity index is 1.50. The van der Waals surface area contributed by atoms with E-state index in [1.54, 1.807) is 26.4 Å². The van der Waals surface area contributed by atoms with Gasteiger partial charge in [-0.1, -0.05) is 6.07 Å². The number of benzene rings is 1. The molecule has 3 aromatic rings. The number of pyridine rings is 1. The summed E-state index contributed by atoms with van der Waals surface area (Å²) in [7, 11) is 3.13. The highest BCUT2D eigenvalue weighted by Gasteiger charge is 2.64. The number of aromatic nitrogens is 2. The van der Waals surface area contributed by atoms with Crippen molar-refractivity contribution in [2.75, 3.05) is 14.1 Å². The zero-order chi connectivity index (χ0) is 29.4. The van der Waals surface area contributed by atoms with Gasteiger partial charge in [-0.05, 0) is 74.3 Å². The zero-order valence-corrected chi connectivity index (χ0v) is 22.3. The molecule has 11 heteroatoms. The molecule has 11 nitrogen and oxygen atoms in total. The smallest absolute Gasteiger partial charge is 0.255 e. The minimum Gasteiger partial charge on any atom is -0.508 e. The molecule has 3 aliphatic rings. The Bertz CT molecular complexity index is 1690. The molecule has 6 rings (SSSR count). The number of carbonyl (C=O) groups is 3. The van der Waals surface area contributed by atoms with E-state index in [0.29, 0.717) is 16.9 Å². The maximum Gasteiger partial charge on any atom is 0.255 e. The van der Waals surface area contributed by atoms with E-state index in [1.807, 2.05) is 41.2 Å². The molecule has 0 spiro atoms. The van der Waals surface area contributed by atoms with Crippen molar-refractivity contribution < 1.29 is 34.8 Å². The average molecular weight is 557 g/mol. The first-order valence-corrected chi connectivity index (χ1v) is 13.1. The molecule has 1 aromatic carbocycles. The molecule has 1 saturated carbocycles. The van der Waals surface area contributed by atoms with Crippen molar-refractivity contribution in [2.45, 2.75) is 24.5 Å². The number of phenols is 1. The highest BCUT2D eigenvalue weighted by atomic mass is 16.3. The van der Waals surface area contributed by atoms with Gasteiger partial charge in [-0.15, -0.1) is 0 Å². The van der Waals surface area contributed by atoms with Crippen LogP contribution in [0.4, 0.5) is 0 Å². The number of ketones is 2. The lowest BCUT2D eigenvalue weighted by Gasteiger charge is -2.50. The van der Waals surface area contributed by atoms with Crippen molar-refractivity contribution >= 4 is 23.2 Å². The SMILES string of the molecule is CN(C)[C@@H]1C(=O)C(C(N)=O)=C(O)[C@@]2(O)C(=O)C3=C(O)c4c(O)ccc(-c5ccc(-n6cccc6)nc5)c4C[C@H]3C[C@@H]12. The number of aliphatic hydroxyl groups excluding tert-OH is 2. The third-order valence-electron chi connectivity index (χ3n) is 8.53. The van der Waals surface area contributed by atoms with Crippen LogP contribution in [0.15, 0.2) is 71.9 Å². The number of nitrogens with zero attached hydrogens (tertiary/aromatic N) is 3. The molecule has 1 amide bonds. The molecular weight excluding hydrogens is 528 g/mol. The summed E-state index contributed by atoms with van der Waals surface area (Å²) in [6.45, 7) is 0. The van der Waals surface area contributed by atoms with Crippen LogP contribution in [-0.4, -0.2) is 78.1 Å². The molecule has 0 unspecified atom stereocenters. The third-order valence-corrected chi connectivity index (χ3v) is 8.53. The Morgan fingerprint density at radius 3 is 2.41 bits per heavy atom. The highest BCUT2D eigenvalue weighted by molar-refractivity contribution is 6.24. The number of primary amides is 1. The fourth-order valence-electron chi connectivity index (χ4n) is 6.70. The predicted molar refractivity (Wildman–Crippen MR) is 147 cm³/mol. The summed E-state index contributed by atoms with van der Waals surface area (Å²) < 4.78 is 1.85. The minimum atomic E-state index is -2.67. The van der Waals surface area contributed by atoms with Gasteiger partial charge in [0.1, 0.15) is 28.7 Å². The average Bonchev–Trinajstić information content (AvgIpc) is 3.46. The predicted octanol–water partition coefficient (Wildman–Crippen LogP) is 1.82. The number of nitrogens with two attached hydrogens (primary N) is 1. The Morgan fingerprint density at radius 1 is 1.10 bits per heavy atom. The molecule has 210 valence electrons. The first kappa shape index (κ1) is 26.5. The van der Waals surface area contributed by atoms with E-state index in [2.05, 4.69) is 4.98 Å². The van der Waals surface area contributed by atoms with Crippen LogP contribution in [-0.2, 0) is 20.8 Å². The van der Waals surface area contributed by atoms with Gasteiger partial charge in [-0.3, -0.25) is 19.3 Å². The maximum atomic E-state index is 14.0.